The first-order valence-corrected chi connectivity index (χ1v) is 10.7. The zero-order valence-electron chi connectivity index (χ0n) is 16.6. The van der Waals surface area contributed by atoms with E-state index in [-0.39, 0.29) is 5.91 Å². The van der Waals surface area contributed by atoms with Crippen LogP contribution in [-0.4, -0.2) is 56.5 Å². The quantitative estimate of drug-likeness (QED) is 0.756. The minimum atomic E-state index is -0.454. The number of hydrogen-bond acceptors (Lipinski definition) is 6. The summed E-state index contributed by atoms with van der Waals surface area (Å²) in [6.07, 6.45) is 2.87. The summed E-state index contributed by atoms with van der Waals surface area (Å²) in [5, 5.41) is 3.54. The highest BCUT2D eigenvalue weighted by atomic mass is 32.1. The molecule has 2 amide bonds. The van der Waals surface area contributed by atoms with Crippen LogP contribution < -0.4 is 20.7 Å². The number of ether oxygens (including phenoxy) is 1. The molecule has 4 rings (SSSR count). The van der Waals surface area contributed by atoms with Gasteiger partial charge in [-0.2, -0.15) is 0 Å². The fourth-order valence-corrected chi connectivity index (χ4v) is 5.47. The monoisotopic (exact) mass is 414 g/mol. The van der Waals surface area contributed by atoms with Gasteiger partial charge in [0.05, 0.1) is 24.9 Å². The van der Waals surface area contributed by atoms with Gasteiger partial charge in [-0.25, -0.2) is 0 Å². The summed E-state index contributed by atoms with van der Waals surface area (Å²) in [7, 11) is 1.68. The number of carbonyl (C=O) groups excluding carboxylic acids is 2. The number of nitrogens with one attached hydrogen (secondary N) is 1. The topological polar surface area (TPSA) is 87.9 Å². The molecular formula is C21H26N4O3S. The number of primary amides is 1. The highest BCUT2D eigenvalue weighted by Gasteiger charge is 2.27. The molecule has 7 nitrogen and oxygen atoms in total. The number of nitrogens with zero attached hydrogens (tertiary/aromatic N) is 2. The molecule has 1 aromatic carbocycles. The minimum Gasteiger partial charge on any atom is -0.495 e. The van der Waals surface area contributed by atoms with Gasteiger partial charge < -0.3 is 20.7 Å². The first-order chi connectivity index (χ1) is 14.1. The van der Waals surface area contributed by atoms with Crippen LogP contribution >= 0.6 is 11.3 Å². The number of aryl methyl sites for hydroxylation is 1. The average molecular weight is 415 g/mol. The van der Waals surface area contributed by atoms with Gasteiger partial charge in [-0.15, -0.1) is 11.3 Å². The lowest BCUT2D eigenvalue weighted by Gasteiger charge is -2.36. The molecule has 2 aromatic rings. The van der Waals surface area contributed by atoms with Crippen molar-refractivity contribution in [2.24, 2.45) is 5.73 Å². The van der Waals surface area contributed by atoms with Crippen molar-refractivity contribution >= 4 is 33.8 Å². The van der Waals surface area contributed by atoms with E-state index in [0.29, 0.717) is 17.1 Å². The number of fused-ring (bicyclic) bond motifs is 1. The van der Waals surface area contributed by atoms with Crippen molar-refractivity contribution in [2.75, 3.05) is 50.1 Å². The smallest absolute Gasteiger partial charge is 0.251 e. The number of nitrogens with two attached hydrogens (primary N) is 1. The van der Waals surface area contributed by atoms with E-state index in [4.69, 9.17) is 10.5 Å². The van der Waals surface area contributed by atoms with Crippen molar-refractivity contribution in [1.82, 2.24) is 4.90 Å². The lowest BCUT2D eigenvalue weighted by atomic mass is 10.1. The first-order valence-electron chi connectivity index (χ1n) is 9.91. The molecule has 2 heterocycles. The molecule has 0 saturated carbocycles. The molecule has 154 valence electrons. The first kappa shape index (κ1) is 19.7. The van der Waals surface area contributed by atoms with E-state index in [0.717, 1.165) is 62.4 Å². The number of thiophene rings is 1. The minimum absolute atomic E-state index is 0.0989. The zero-order chi connectivity index (χ0) is 20.4. The second-order valence-corrected chi connectivity index (χ2v) is 8.51. The third-order valence-electron chi connectivity index (χ3n) is 5.59. The van der Waals surface area contributed by atoms with Gasteiger partial charge in [0, 0.05) is 31.1 Å². The Morgan fingerprint density at radius 2 is 1.93 bits per heavy atom. The average Bonchev–Trinajstić information content (AvgIpc) is 3.29. The fraction of sp³-hybridized carbons (Fsp3) is 0.429. The number of amides is 2. The number of para-hydroxylation sites is 2. The molecule has 0 bridgehead atoms. The SMILES string of the molecule is COc1ccccc1N1CCN(CC(=O)Nc2sc3c(c2C(N)=O)CCC3)CC1. The second kappa shape index (κ2) is 8.42. The van der Waals surface area contributed by atoms with E-state index in [1.54, 1.807) is 7.11 Å². The molecule has 3 N–H and O–H groups in total. The van der Waals surface area contributed by atoms with Crippen molar-refractivity contribution in [3.8, 4) is 5.75 Å². The summed E-state index contributed by atoms with van der Waals surface area (Å²) in [5.41, 5.74) is 8.20. The van der Waals surface area contributed by atoms with Crippen molar-refractivity contribution < 1.29 is 14.3 Å². The van der Waals surface area contributed by atoms with Crippen molar-refractivity contribution in [3.63, 3.8) is 0 Å². The number of anilines is 2. The van der Waals surface area contributed by atoms with E-state index in [9.17, 15) is 9.59 Å². The lowest BCUT2D eigenvalue weighted by molar-refractivity contribution is -0.117. The highest BCUT2D eigenvalue weighted by molar-refractivity contribution is 7.17. The number of methoxy groups -OCH3 is 1. The third-order valence-corrected chi connectivity index (χ3v) is 6.79. The number of carbonyl (C=O) groups is 2. The normalized spacial score (nSPS) is 16.5. The molecule has 1 aromatic heterocycles. The van der Waals surface area contributed by atoms with Crippen LogP contribution in [0.1, 0.15) is 27.2 Å². The molecule has 0 unspecified atom stereocenters. The van der Waals surface area contributed by atoms with Gasteiger partial charge in [0.25, 0.3) is 5.91 Å². The molecule has 0 radical (unpaired) electrons. The Kier molecular flexibility index (Phi) is 5.73. The Balaban J connectivity index is 1.35. The van der Waals surface area contributed by atoms with Gasteiger partial charge in [0.2, 0.25) is 5.91 Å². The molecule has 8 heteroatoms. The number of piperazine rings is 1. The van der Waals surface area contributed by atoms with Crippen LogP contribution in [0, 0.1) is 0 Å². The van der Waals surface area contributed by atoms with Crippen molar-refractivity contribution in [3.05, 3.63) is 40.3 Å². The Hall–Kier alpha value is -2.58. The molecule has 1 saturated heterocycles. The van der Waals surface area contributed by atoms with Crippen LogP contribution in [0.5, 0.6) is 5.75 Å². The Labute approximate surface area is 174 Å². The maximum atomic E-state index is 12.6. The summed E-state index contributed by atoms with van der Waals surface area (Å²) in [5.74, 6) is 0.312. The van der Waals surface area contributed by atoms with Gasteiger partial charge in [0.1, 0.15) is 10.8 Å². The summed E-state index contributed by atoms with van der Waals surface area (Å²) >= 11 is 1.50. The summed E-state index contributed by atoms with van der Waals surface area (Å²) in [4.78, 5) is 30.1. The number of hydrogen-bond donors (Lipinski definition) is 2. The Morgan fingerprint density at radius 3 is 2.66 bits per heavy atom. The Bertz CT molecular complexity index is 919. The largest absolute Gasteiger partial charge is 0.495 e. The third kappa shape index (κ3) is 4.09. The van der Waals surface area contributed by atoms with E-state index in [1.807, 2.05) is 18.2 Å². The van der Waals surface area contributed by atoms with Crippen LogP contribution in [0.25, 0.3) is 0 Å². The van der Waals surface area contributed by atoms with E-state index in [1.165, 1.54) is 16.2 Å². The van der Waals surface area contributed by atoms with Crippen LogP contribution in [0.3, 0.4) is 0 Å². The molecule has 1 aliphatic heterocycles. The highest BCUT2D eigenvalue weighted by Crippen LogP contribution is 2.38. The van der Waals surface area contributed by atoms with Crippen LogP contribution in [0.4, 0.5) is 10.7 Å². The maximum absolute atomic E-state index is 12.6. The van der Waals surface area contributed by atoms with Gasteiger partial charge in [-0.3, -0.25) is 14.5 Å². The van der Waals surface area contributed by atoms with Crippen LogP contribution in [-0.2, 0) is 17.6 Å². The van der Waals surface area contributed by atoms with Gasteiger partial charge in [-0.05, 0) is 37.0 Å². The molecule has 0 spiro atoms. The predicted octanol–water partition coefficient (Wildman–Crippen LogP) is 2.10. The summed E-state index contributed by atoms with van der Waals surface area (Å²) in [6, 6.07) is 7.99. The predicted molar refractivity (Wildman–Crippen MR) is 115 cm³/mol. The molecule has 29 heavy (non-hydrogen) atoms. The maximum Gasteiger partial charge on any atom is 0.251 e. The van der Waals surface area contributed by atoms with E-state index in [2.05, 4.69) is 21.2 Å². The van der Waals surface area contributed by atoms with Crippen molar-refractivity contribution in [2.45, 2.75) is 19.3 Å². The second-order valence-electron chi connectivity index (χ2n) is 7.41. The standard InChI is InChI=1S/C21H26N4O3S/c1-28-16-7-3-2-6-15(16)25-11-9-24(10-12-25)13-18(26)23-21-19(20(22)27)14-5-4-8-17(14)29-21/h2-3,6-7H,4-5,8-13H2,1H3,(H2,22,27)(H,23,26). The van der Waals surface area contributed by atoms with E-state index >= 15 is 0 Å². The number of rotatable bonds is 6. The lowest BCUT2D eigenvalue weighted by Crippen LogP contribution is -2.48. The molecule has 1 aliphatic carbocycles. The summed E-state index contributed by atoms with van der Waals surface area (Å²) in [6.45, 7) is 3.53. The molecule has 1 fully saturated rings. The van der Waals surface area contributed by atoms with Gasteiger partial charge in [-0.1, -0.05) is 12.1 Å². The van der Waals surface area contributed by atoms with Crippen molar-refractivity contribution in [1.29, 1.82) is 0 Å². The zero-order valence-corrected chi connectivity index (χ0v) is 17.4. The molecule has 0 atom stereocenters. The number of benzene rings is 1. The fourth-order valence-electron chi connectivity index (χ4n) is 4.16. The van der Waals surface area contributed by atoms with Gasteiger partial charge in [0.15, 0.2) is 0 Å². The van der Waals surface area contributed by atoms with Crippen LogP contribution in [0.2, 0.25) is 0 Å². The Morgan fingerprint density at radius 1 is 1.17 bits per heavy atom. The van der Waals surface area contributed by atoms with Gasteiger partial charge >= 0.3 is 0 Å². The van der Waals surface area contributed by atoms with E-state index < -0.39 is 5.91 Å². The van der Waals surface area contributed by atoms with Crippen LogP contribution in [0.15, 0.2) is 24.3 Å². The molecular weight excluding hydrogens is 388 g/mol. The summed E-state index contributed by atoms with van der Waals surface area (Å²) < 4.78 is 5.46. The molecule has 2 aliphatic rings.